The molecule has 10 rings (SSSR count). The number of carboxylic acids is 1. The maximum absolute atomic E-state index is 14.1. The van der Waals surface area contributed by atoms with E-state index < -0.39 is 54.3 Å². The van der Waals surface area contributed by atoms with Gasteiger partial charge in [0.05, 0.1) is 86.8 Å². The number of aliphatic hydroxyl groups excluding tert-OH is 3. The minimum absolute atomic E-state index is 0.00168. The van der Waals surface area contributed by atoms with Crippen molar-refractivity contribution < 1.29 is 77.6 Å². The van der Waals surface area contributed by atoms with Crippen molar-refractivity contribution in [1.29, 1.82) is 0 Å². The number of methoxy groups -OCH3 is 3. The van der Waals surface area contributed by atoms with Gasteiger partial charge in [-0.05, 0) is 70.8 Å². The number of aliphatic hydroxyl groups is 3. The van der Waals surface area contributed by atoms with Crippen LogP contribution < -0.4 is 49.5 Å². The van der Waals surface area contributed by atoms with E-state index in [1.165, 1.54) is 32.4 Å². The highest BCUT2D eigenvalue weighted by Gasteiger charge is 2.47. The summed E-state index contributed by atoms with van der Waals surface area (Å²) in [5.41, 5.74) is 11.2. The van der Waals surface area contributed by atoms with Gasteiger partial charge in [0.15, 0.2) is 23.0 Å². The predicted molar refractivity (Wildman–Crippen MR) is 299 cm³/mol. The molecule has 4 aliphatic heterocycles. The van der Waals surface area contributed by atoms with Crippen molar-refractivity contribution in [2.45, 2.75) is 68.6 Å². The molecule has 6 unspecified atom stereocenters. The number of aliphatic imine (C=N–C) groups is 2. The number of rotatable bonds is 19. The van der Waals surface area contributed by atoms with Crippen LogP contribution in [0.5, 0.6) is 40.2 Å². The Balaban J connectivity index is 0.732. The molecule has 4 heterocycles. The van der Waals surface area contributed by atoms with Gasteiger partial charge in [0, 0.05) is 87.4 Å². The molecule has 82 heavy (non-hydrogen) atoms. The maximum Gasteiger partial charge on any atom is 0.417 e. The Bertz CT molecular complexity index is 3420. The average molecular weight is 1120 g/mol. The number of amides is 4. The van der Waals surface area contributed by atoms with Gasteiger partial charge in [0.2, 0.25) is 5.91 Å². The second kappa shape index (κ2) is 24.2. The molecule has 0 aromatic heterocycles. The first-order valence-corrected chi connectivity index (χ1v) is 26.3. The molecule has 0 saturated heterocycles. The molecule has 5 aliphatic rings. The van der Waals surface area contributed by atoms with Gasteiger partial charge in [-0.1, -0.05) is 24.3 Å². The van der Waals surface area contributed by atoms with Crippen LogP contribution in [0.3, 0.4) is 0 Å². The monoisotopic (exact) mass is 1120 g/mol. The number of hydrogen-bond donors (Lipinski definition) is 7. The highest BCUT2D eigenvalue weighted by molar-refractivity contribution is 6.06. The molecular weight excluding hydrogens is 1060 g/mol. The van der Waals surface area contributed by atoms with E-state index in [4.69, 9.17) is 48.9 Å². The number of aliphatic carboxylic acids is 1. The number of ether oxygens (including phenoxy) is 7. The van der Waals surface area contributed by atoms with E-state index in [1.807, 2.05) is 30.5 Å². The molecule has 5 aromatic carbocycles. The number of fused-ring (bicyclic) bond motifs is 4. The summed E-state index contributed by atoms with van der Waals surface area (Å²) in [6.07, 6.45) is 0.828. The van der Waals surface area contributed by atoms with Crippen molar-refractivity contribution in [3.8, 4) is 40.2 Å². The number of nitrogens with zero attached hydrogens (tertiary/aromatic N) is 4. The summed E-state index contributed by atoms with van der Waals surface area (Å²) < 4.78 is 40.3. The number of hydrogen-bond acceptors (Lipinski definition) is 18. The van der Waals surface area contributed by atoms with Crippen LogP contribution in [0, 0.1) is 5.92 Å². The van der Waals surface area contributed by atoms with E-state index in [2.05, 4.69) is 10.6 Å². The molecule has 426 valence electrons. The van der Waals surface area contributed by atoms with Crippen LogP contribution in [0.25, 0.3) is 11.1 Å². The summed E-state index contributed by atoms with van der Waals surface area (Å²) >= 11 is 0. The van der Waals surface area contributed by atoms with Crippen molar-refractivity contribution in [2.75, 3.05) is 51.7 Å². The van der Waals surface area contributed by atoms with Gasteiger partial charge in [-0.25, -0.2) is 4.79 Å². The summed E-state index contributed by atoms with van der Waals surface area (Å²) in [6, 6.07) is 24.6. The normalized spacial score (nSPS) is 21.3. The van der Waals surface area contributed by atoms with E-state index in [-0.39, 0.29) is 67.6 Å². The number of benzene rings is 5. The third-order valence-corrected chi connectivity index (χ3v) is 14.6. The Morgan fingerprint density at radius 2 is 1.20 bits per heavy atom. The summed E-state index contributed by atoms with van der Waals surface area (Å²) in [7, 11) is 4.62. The molecule has 23 nitrogen and oxygen atoms in total. The molecule has 0 radical (unpaired) electrons. The zero-order valence-corrected chi connectivity index (χ0v) is 44.7. The minimum atomic E-state index is -1.82. The van der Waals surface area contributed by atoms with Crippen LogP contribution in [0.2, 0.25) is 0 Å². The summed E-state index contributed by atoms with van der Waals surface area (Å²) in [5, 5.41) is 45.9. The molecular formula is C59H59N7O16. The van der Waals surface area contributed by atoms with Crippen LogP contribution in [-0.4, -0.2) is 150 Å². The van der Waals surface area contributed by atoms with Gasteiger partial charge >= 0.3 is 12.1 Å². The van der Waals surface area contributed by atoms with Gasteiger partial charge in [-0.2, -0.15) is 0 Å². The molecule has 0 bridgehead atoms. The first-order chi connectivity index (χ1) is 39.6. The van der Waals surface area contributed by atoms with Crippen molar-refractivity contribution in [1.82, 2.24) is 9.80 Å². The van der Waals surface area contributed by atoms with Gasteiger partial charge in [0.25, 0.3) is 11.8 Å². The van der Waals surface area contributed by atoms with E-state index in [0.29, 0.717) is 70.4 Å². The Labute approximate surface area is 469 Å². The largest absolute Gasteiger partial charge is 0.497 e. The van der Waals surface area contributed by atoms with Crippen LogP contribution >= 0.6 is 0 Å². The first-order valence-electron chi connectivity index (χ1n) is 26.3. The summed E-state index contributed by atoms with van der Waals surface area (Å²) in [4.78, 5) is 78.2. The lowest BCUT2D eigenvalue weighted by Gasteiger charge is -2.38. The lowest BCUT2D eigenvalue weighted by Crippen LogP contribution is -2.57. The SMILES string of the molecule is COc1ccc(C2=CN3C(=O)c4cc(OC)c(OCCCOc5cc6c(cc5OC)C(=O)N5C=C(c7ccc(NC(=O)Oc8ccc(OC9CC(C(=O)O)C(O)C(O)C9O)c(NC(=O)CCN)c8)cc7)CC5C=N6)cc4N=C[C@@H]3C2)cc1. The van der Waals surface area contributed by atoms with Gasteiger partial charge in [0.1, 0.15) is 35.6 Å². The van der Waals surface area contributed by atoms with Crippen molar-refractivity contribution in [2.24, 2.45) is 21.6 Å². The third-order valence-electron chi connectivity index (χ3n) is 14.6. The third kappa shape index (κ3) is 11.8. The smallest absolute Gasteiger partial charge is 0.417 e. The topological polar surface area (TPSA) is 312 Å². The number of carbonyl (C=O) groups is 5. The summed E-state index contributed by atoms with van der Waals surface area (Å²) in [5.74, 6) is -1.61. The molecule has 8 N–H and O–H groups in total. The Kier molecular flexibility index (Phi) is 16.5. The molecule has 7 atom stereocenters. The number of carboxylic acid groups (broad SMARTS) is 1. The Morgan fingerprint density at radius 1 is 0.646 bits per heavy atom. The van der Waals surface area contributed by atoms with E-state index in [9.17, 15) is 44.4 Å². The standard InChI is InChI=1S/C59H59N7O16/c1-76-38-11-7-32(8-12-38)34-20-37-28-62-44-26-50(48(78-3)23-41(44)57(72)66(37)30-34)80-18-4-17-79-49-25-43-40(22-47(49)77-2)56(71)65-29-33(19-36(65)27-61-43)31-5-9-35(10-6-31)63-59(75)81-39-13-14-46(45(21-39)64-52(67)15-16-60)82-51-24-42(58(73)74)53(68)55(70)54(51)69/h5-14,21-23,25-30,36-37,42,51,53-55,68-70H,4,15-20,24,60H2,1-3H3,(H,63,75)(H,64,67)(H,73,74)/t36?,37-,42?,51?,53?,54?,55?/m0/s1. The fraction of sp³-hybridized carbons (Fsp3) is 0.305. The van der Waals surface area contributed by atoms with E-state index in [1.54, 1.807) is 84.1 Å². The van der Waals surface area contributed by atoms with Crippen LogP contribution in [-0.2, 0) is 9.59 Å². The number of anilines is 2. The number of nitrogens with two attached hydrogens (primary N) is 1. The van der Waals surface area contributed by atoms with Crippen molar-refractivity contribution in [3.05, 3.63) is 126 Å². The molecule has 23 heteroatoms. The summed E-state index contributed by atoms with van der Waals surface area (Å²) in [6.45, 7) is 0.481. The zero-order chi connectivity index (χ0) is 57.8. The average Bonchev–Trinajstić information content (AvgIpc) is 4.25. The van der Waals surface area contributed by atoms with Crippen LogP contribution in [0.15, 0.2) is 113 Å². The second-order valence-electron chi connectivity index (χ2n) is 19.8. The predicted octanol–water partition coefficient (Wildman–Crippen LogP) is 6.34. The quantitative estimate of drug-likeness (QED) is 0.0444. The van der Waals surface area contributed by atoms with Gasteiger partial charge in [-0.15, -0.1) is 0 Å². The van der Waals surface area contributed by atoms with E-state index in [0.717, 1.165) is 28.0 Å². The molecule has 4 amide bonds. The second-order valence-corrected chi connectivity index (χ2v) is 19.8. The maximum atomic E-state index is 14.1. The lowest BCUT2D eigenvalue weighted by atomic mass is 9.81. The molecule has 1 aliphatic carbocycles. The van der Waals surface area contributed by atoms with Crippen molar-refractivity contribution >= 4 is 76.1 Å². The first kappa shape index (κ1) is 56.0. The molecule has 1 saturated carbocycles. The fourth-order valence-corrected chi connectivity index (χ4v) is 10.2. The number of carbonyl (C=O) groups excluding carboxylic acids is 4. The van der Waals surface area contributed by atoms with Crippen LogP contribution in [0.1, 0.15) is 63.9 Å². The number of nitrogens with one attached hydrogen (secondary N) is 2. The Morgan fingerprint density at radius 3 is 1.72 bits per heavy atom. The zero-order valence-electron chi connectivity index (χ0n) is 44.7. The lowest BCUT2D eigenvalue weighted by molar-refractivity contribution is -0.174. The molecule has 5 aromatic rings. The fourth-order valence-electron chi connectivity index (χ4n) is 10.2. The van der Waals surface area contributed by atoms with E-state index >= 15 is 0 Å². The molecule has 1 fully saturated rings. The highest BCUT2D eigenvalue weighted by Crippen LogP contribution is 2.43. The minimum Gasteiger partial charge on any atom is -0.497 e. The Hall–Kier alpha value is -9.29. The van der Waals surface area contributed by atoms with Crippen LogP contribution in [0.4, 0.5) is 27.5 Å². The highest BCUT2D eigenvalue weighted by atomic mass is 16.6. The van der Waals surface area contributed by atoms with Gasteiger partial charge < -0.3 is 74.4 Å². The molecule has 0 spiro atoms. The van der Waals surface area contributed by atoms with Crippen molar-refractivity contribution in [3.63, 3.8) is 0 Å². The van der Waals surface area contributed by atoms with Gasteiger partial charge in [-0.3, -0.25) is 34.5 Å².